The van der Waals surface area contributed by atoms with Gasteiger partial charge in [-0.05, 0) is 12.1 Å². The van der Waals surface area contributed by atoms with Gasteiger partial charge in [-0.2, -0.15) is 13.2 Å². The molecule has 0 spiro atoms. The number of halogens is 3. The van der Waals surface area contributed by atoms with Crippen molar-refractivity contribution in [2.45, 2.75) is 19.2 Å². The average molecular weight is 260 g/mol. The van der Waals surface area contributed by atoms with Gasteiger partial charge in [0.25, 0.3) is 0 Å². The predicted octanol–water partition coefficient (Wildman–Crippen LogP) is 1.71. The molecule has 0 N–H and O–H groups in total. The first kappa shape index (κ1) is 12.7. The summed E-state index contributed by atoms with van der Waals surface area (Å²) >= 11 is 0. The number of hydrogen-bond donors (Lipinski definition) is 0. The van der Waals surface area contributed by atoms with E-state index in [9.17, 15) is 18.0 Å². The van der Waals surface area contributed by atoms with Crippen LogP contribution in [0.4, 0.5) is 13.2 Å². The van der Waals surface area contributed by atoms with Crippen LogP contribution in [0.25, 0.3) is 0 Å². The molecule has 0 unspecified atom stereocenters. The fourth-order valence-electron chi connectivity index (χ4n) is 1.63. The third-order valence-corrected chi connectivity index (χ3v) is 2.65. The molecular weight excluding hydrogens is 249 g/mol. The third kappa shape index (κ3) is 2.55. The van der Waals surface area contributed by atoms with Gasteiger partial charge in [-0.3, -0.25) is 4.79 Å². The molecule has 0 radical (unpaired) electrons. The van der Waals surface area contributed by atoms with Gasteiger partial charge in [-0.1, -0.05) is 0 Å². The van der Waals surface area contributed by atoms with Crippen LogP contribution < -0.4 is 4.74 Å². The Bertz CT molecular complexity index is 456. The molecule has 0 atom stereocenters. The summed E-state index contributed by atoms with van der Waals surface area (Å²) in [5, 5.41) is 0. The number of aromatic nitrogens is 1. The number of alkyl halides is 3. The molecule has 1 aliphatic rings. The zero-order chi connectivity index (χ0) is 13.3. The van der Waals surface area contributed by atoms with Crippen LogP contribution in [-0.2, 0) is 11.0 Å². The molecular formula is C11H11F3N2O2. The number of ether oxygens (including phenoxy) is 1. The molecule has 4 nitrogen and oxygen atoms in total. The maximum Gasteiger partial charge on any atom is 0.421 e. The fourth-order valence-corrected chi connectivity index (χ4v) is 1.63. The van der Waals surface area contributed by atoms with Gasteiger partial charge < -0.3 is 9.64 Å². The van der Waals surface area contributed by atoms with Gasteiger partial charge in [-0.15, -0.1) is 0 Å². The SMILES string of the molecule is CC(=O)N1CC(Oc2ncccc2C(F)(F)F)C1. The molecule has 1 aromatic heterocycles. The molecule has 1 amide bonds. The summed E-state index contributed by atoms with van der Waals surface area (Å²) in [7, 11) is 0. The van der Waals surface area contributed by atoms with Crippen LogP contribution in [0.15, 0.2) is 18.3 Å². The molecule has 0 aromatic carbocycles. The van der Waals surface area contributed by atoms with Crippen molar-refractivity contribution in [2.24, 2.45) is 0 Å². The lowest BCUT2D eigenvalue weighted by Gasteiger charge is -2.38. The van der Waals surface area contributed by atoms with Gasteiger partial charge >= 0.3 is 6.18 Å². The summed E-state index contributed by atoms with van der Waals surface area (Å²) in [4.78, 5) is 16.0. The quantitative estimate of drug-likeness (QED) is 0.813. The highest BCUT2D eigenvalue weighted by Crippen LogP contribution is 2.35. The molecule has 18 heavy (non-hydrogen) atoms. The van der Waals surface area contributed by atoms with Crippen molar-refractivity contribution in [3.8, 4) is 5.88 Å². The van der Waals surface area contributed by atoms with E-state index in [1.165, 1.54) is 24.1 Å². The number of carbonyl (C=O) groups excluding carboxylic acids is 1. The molecule has 2 heterocycles. The Labute approximate surface area is 101 Å². The molecule has 0 aliphatic carbocycles. The molecule has 98 valence electrons. The second-order valence-electron chi connectivity index (χ2n) is 4.02. The zero-order valence-electron chi connectivity index (χ0n) is 9.57. The van der Waals surface area contributed by atoms with Crippen LogP contribution >= 0.6 is 0 Å². The van der Waals surface area contributed by atoms with Gasteiger partial charge in [-0.25, -0.2) is 4.98 Å². The van der Waals surface area contributed by atoms with Crippen LogP contribution in [-0.4, -0.2) is 35.0 Å². The number of pyridine rings is 1. The Morgan fingerprint density at radius 1 is 1.50 bits per heavy atom. The largest absolute Gasteiger partial charge is 0.470 e. The fraction of sp³-hybridized carbons (Fsp3) is 0.455. The number of likely N-dealkylation sites (tertiary alicyclic amines) is 1. The Hall–Kier alpha value is -1.79. The van der Waals surface area contributed by atoms with E-state index in [-0.39, 0.29) is 5.91 Å². The van der Waals surface area contributed by atoms with Gasteiger partial charge in [0.2, 0.25) is 11.8 Å². The van der Waals surface area contributed by atoms with E-state index in [1.807, 2.05) is 0 Å². The molecule has 1 fully saturated rings. The van der Waals surface area contributed by atoms with Crippen LogP contribution in [0.3, 0.4) is 0 Å². The van der Waals surface area contributed by atoms with Crippen molar-refractivity contribution in [1.82, 2.24) is 9.88 Å². The van der Waals surface area contributed by atoms with Crippen LogP contribution in [0.1, 0.15) is 12.5 Å². The number of rotatable bonds is 2. The van der Waals surface area contributed by atoms with Crippen molar-refractivity contribution < 1.29 is 22.7 Å². The summed E-state index contributed by atoms with van der Waals surface area (Å²) in [6.45, 7) is 1.99. The Morgan fingerprint density at radius 2 is 2.17 bits per heavy atom. The second kappa shape index (κ2) is 4.47. The average Bonchev–Trinajstić information content (AvgIpc) is 2.21. The molecule has 7 heteroatoms. The minimum Gasteiger partial charge on any atom is -0.470 e. The van der Waals surface area contributed by atoms with Crippen LogP contribution in [0.5, 0.6) is 5.88 Å². The van der Waals surface area contributed by atoms with E-state index in [0.717, 1.165) is 6.07 Å². The van der Waals surface area contributed by atoms with Crippen molar-refractivity contribution in [3.63, 3.8) is 0 Å². The number of nitrogens with zero attached hydrogens (tertiary/aromatic N) is 2. The van der Waals surface area contributed by atoms with E-state index in [4.69, 9.17) is 4.74 Å². The number of amides is 1. The molecule has 1 aliphatic heterocycles. The van der Waals surface area contributed by atoms with Crippen molar-refractivity contribution >= 4 is 5.91 Å². The van der Waals surface area contributed by atoms with Crippen molar-refractivity contribution in [3.05, 3.63) is 23.9 Å². The van der Waals surface area contributed by atoms with E-state index in [2.05, 4.69) is 4.98 Å². The summed E-state index contributed by atoms with van der Waals surface area (Å²) in [6, 6.07) is 2.13. The predicted molar refractivity (Wildman–Crippen MR) is 55.9 cm³/mol. The lowest BCUT2D eigenvalue weighted by Crippen LogP contribution is -2.55. The lowest BCUT2D eigenvalue weighted by atomic mass is 10.1. The van der Waals surface area contributed by atoms with E-state index >= 15 is 0 Å². The highest BCUT2D eigenvalue weighted by atomic mass is 19.4. The standard InChI is InChI=1S/C11H11F3N2O2/c1-7(17)16-5-8(6-16)18-10-9(11(12,13)14)3-2-4-15-10/h2-4,8H,5-6H2,1H3. The van der Waals surface area contributed by atoms with Crippen molar-refractivity contribution in [2.75, 3.05) is 13.1 Å². The summed E-state index contributed by atoms with van der Waals surface area (Å²) in [5.41, 5.74) is -0.897. The monoisotopic (exact) mass is 260 g/mol. The maximum absolute atomic E-state index is 12.6. The number of hydrogen-bond acceptors (Lipinski definition) is 3. The van der Waals surface area contributed by atoms with Gasteiger partial charge in [0.15, 0.2) is 0 Å². The Morgan fingerprint density at radius 3 is 2.72 bits per heavy atom. The minimum absolute atomic E-state index is 0.119. The van der Waals surface area contributed by atoms with E-state index < -0.39 is 23.7 Å². The first-order valence-corrected chi connectivity index (χ1v) is 5.32. The zero-order valence-corrected chi connectivity index (χ0v) is 9.57. The number of carbonyl (C=O) groups is 1. The first-order chi connectivity index (χ1) is 8.38. The smallest absolute Gasteiger partial charge is 0.421 e. The summed E-state index contributed by atoms with van der Waals surface area (Å²) < 4.78 is 43.1. The van der Waals surface area contributed by atoms with E-state index in [1.54, 1.807) is 0 Å². The normalized spacial score (nSPS) is 16.3. The highest BCUT2D eigenvalue weighted by Gasteiger charge is 2.37. The second-order valence-corrected chi connectivity index (χ2v) is 4.02. The van der Waals surface area contributed by atoms with E-state index in [0.29, 0.717) is 13.1 Å². The van der Waals surface area contributed by atoms with Crippen LogP contribution in [0, 0.1) is 0 Å². The van der Waals surface area contributed by atoms with Gasteiger partial charge in [0.05, 0.1) is 13.1 Å². The molecule has 0 bridgehead atoms. The minimum atomic E-state index is -4.49. The Balaban J connectivity index is 2.05. The van der Waals surface area contributed by atoms with Gasteiger partial charge in [0, 0.05) is 13.1 Å². The Kier molecular flexibility index (Phi) is 3.14. The summed E-state index contributed by atoms with van der Waals surface area (Å²) in [5.74, 6) is -0.551. The maximum atomic E-state index is 12.6. The first-order valence-electron chi connectivity index (χ1n) is 5.32. The highest BCUT2D eigenvalue weighted by molar-refractivity contribution is 5.74. The molecule has 2 rings (SSSR count). The molecule has 1 saturated heterocycles. The van der Waals surface area contributed by atoms with Crippen molar-refractivity contribution in [1.29, 1.82) is 0 Å². The molecule has 1 aromatic rings. The topological polar surface area (TPSA) is 42.4 Å². The van der Waals surface area contributed by atoms with Gasteiger partial charge in [0.1, 0.15) is 11.7 Å². The van der Waals surface area contributed by atoms with Crippen LogP contribution in [0.2, 0.25) is 0 Å². The third-order valence-electron chi connectivity index (χ3n) is 2.65. The summed E-state index contributed by atoms with van der Waals surface area (Å²) in [6.07, 6.45) is -3.68. The lowest BCUT2D eigenvalue weighted by molar-refractivity contribution is -0.144. The molecule has 0 saturated carbocycles.